The molecule has 15 heavy (non-hydrogen) atoms. The number of aliphatic carboxylic acids is 1. The van der Waals surface area contributed by atoms with E-state index in [1.165, 1.54) is 12.3 Å². The molecule has 1 rings (SSSR count). The predicted octanol–water partition coefficient (Wildman–Crippen LogP) is 1.19. The van der Waals surface area contributed by atoms with Crippen molar-refractivity contribution in [3.63, 3.8) is 0 Å². The molecule has 0 aromatic carbocycles. The highest BCUT2D eigenvalue weighted by Gasteiger charge is 2.07. The van der Waals surface area contributed by atoms with Crippen LogP contribution in [0.4, 0.5) is 0 Å². The van der Waals surface area contributed by atoms with Crippen molar-refractivity contribution in [1.82, 2.24) is 4.98 Å². The van der Waals surface area contributed by atoms with Gasteiger partial charge in [-0.15, -0.1) is 0 Å². The molecule has 0 radical (unpaired) electrons. The lowest BCUT2D eigenvalue weighted by Gasteiger charge is -2.00. The first kappa shape index (κ1) is 10.9. The maximum absolute atomic E-state index is 10.6. The summed E-state index contributed by atoms with van der Waals surface area (Å²) in [5.41, 5.74) is 1.03. The van der Waals surface area contributed by atoms with E-state index in [1.54, 1.807) is 13.0 Å². The summed E-state index contributed by atoms with van der Waals surface area (Å²) in [7, 11) is 0. The topological polar surface area (TPSA) is 87.5 Å². The molecule has 0 aliphatic rings. The Hall–Kier alpha value is -2.17. The highest BCUT2D eigenvalue weighted by molar-refractivity contribution is 5.88. The van der Waals surface area contributed by atoms with Crippen LogP contribution in [-0.4, -0.2) is 27.1 Å². The molecule has 1 aromatic heterocycles. The van der Waals surface area contributed by atoms with Gasteiger partial charge < -0.3 is 10.2 Å². The highest BCUT2D eigenvalue weighted by Crippen LogP contribution is 2.09. The molecule has 0 spiro atoms. The van der Waals surface area contributed by atoms with Crippen LogP contribution in [0.15, 0.2) is 18.3 Å². The zero-order valence-electron chi connectivity index (χ0n) is 7.97. The second kappa shape index (κ2) is 4.36. The van der Waals surface area contributed by atoms with Crippen molar-refractivity contribution in [2.75, 3.05) is 0 Å². The van der Waals surface area contributed by atoms with Crippen LogP contribution >= 0.6 is 0 Å². The van der Waals surface area contributed by atoms with E-state index in [2.05, 4.69) is 4.98 Å². The quantitative estimate of drug-likeness (QED) is 0.727. The molecule has 0 bridgehead atoms. The molecule has 1 heterocycles. The minimum atomic E-state index is -1.10. The predicted molar refractivity (Wildman–Crippen MR) is 52.6 cm³/mol. The summed E-state index contributed by atoms with van der Waals surface area (Å²) < 4.78 is 0. The molecule has 0 aliphatic carbocycles. The van der Waals surface area contributed by atoms with Gasteiger partial charge in [0.25, 0.3) is 0 Å². The van der Waals surface area contributed by atoms with E-state index in [1.807, 2.05) is 0 Å². The third-order valence-corrected chi connectivity index (χ3v) is 1.72. The summed E-state index contributed by atoms with van der Waals surface area (Å²) in [5.74, 6) is -2.16. The molecule has 5 nitrogen and oxygen atoms in total. The van der Waals surface area contributed by atoms with Gasteiger partial charge in [-0.1, -0.05) is 0 Å². The Morgan fingerprint density at radius 1 is 1.40 bits per heavy atom. The van der Waals surface area contributed by atoms with Gasteiger partial charge in [0.05, 0.1) is 0 Å². The number of pyridine rings is 1. The van der Waals surface area contributed by atoms with Crippen LogP contribution in [0.25, 0.3) is 6.08 Å². The second-order valence-electron chi connectivity index (χ2n) is 2.91. The van der Waals surface area contributed by atoms with Crippen LogP contribution in [0.2, 0.25) is 0 Å². The number of aromatic carboxylic acids is 1. The Bertz CT molecular complexity index is 437. The molecule has 1 aromatic rings. The molecule has 0 fully saturated rings. The van der Waals surface area contributed by atoms with Gasteiger partial charge in [0, 0.05) is 12.3 Å². The van der Waals surface area contributed by atoms with Crippen molar-refractivity contribution in [2.45, 2.75) is 6.92 Å². The fourth-order valence-corrected chi connectivity index (χ4v) is 1.08. The van der Waals surface area contributed by atoms with Gasteiger partial charge in [-0.05, 0) is 30.2 Å². The normalized spacial score (nSPS) is 10.5. The molecular weight excluding hydrogens is 198 g/mol. The van der Waals surface area contributed by atoms with E-state index in [0.717, 1.165) is 6.08 Å². The molecule has 2 N–H and O–H groups in total. The monoisotopic (exact) mass is 207 g/mol. The molecule has 5 heteroatoms. The number of hydrogen-bond acceptors (Lipinski definition) is 3. The lowest BCUT2D eigenvalue weighted by molar-refractivity contribution is -0.131. The third kappa shape index (κ3) is 2.91. The second-order valence-corrected chi connectivity index (χ2v) is 2.91. The largest absolute Gasteiger partial charge is 0.478 e. The van der Waals surface area contributed by atoms with Gasteiger partial charge in [-0.2, -0.15) is 0 Å². The summed E-state index contributed by atoms with van der Waals surface area (Å²) in [5, 5.41) is 17.1. The summed E-state index contributed by atoms with van der Waals surface area (Å²) in [4.78, 5) is 24.6. The molecule has 0 saturated carbocycles. The summed E-state index contributed by atoms with van der Waals surface area (Å²) in [6, 6.07) is 1.57. The Morgan fingerprint density at radius 3 is 2.53 bits per heavy atom. The molecule has 78 valence electrons. The number of rotatable bonds is 3. The van der Waals surface area contributed by atoms with Gasteiger partial charge in [0.2, 0.25) is 0 Å². The lowest BCUT2D eigenvalue weighted by Crippen LogP contribution is -2.03. The number of aromatic nitrogens is 1. The third-order valence-electron chi connectivity index (χ3n) is 1.72. The lowest BCUT2D eigenvalue weighted by atomic mass is 10.1. The van der Waals surface area contributed by atoms with Crippen molar-refractivity contribution >= 4 is 18.0 Å². The zero-order valence-corrected chi connectivity index (χ0v) is 7.97. The van der Waals surface area contributed by atoms with Crippen molar-refractivity contribution in [3.05, 3.63) is 35.2 Å². The molecular formula is C10H9NO4. The standard InChI is InChI=1S/C10H9NO4/c1-6-4-7(2-3-8(12)13)5-11-9(6)10(14)15/h2-5H,1H3,(H,12,13)(H,14,15). The Morgan fingerprint density at radius 2 is 2.07 bits per heavy atom. The number of carbonyl (C=O) groups is 2. The molecule has 0 aliphatic heterocycles. The van der Waals surface area contributed by atoms with Crippen molar-refractivity contribution in [3.8, 4) is 0 Å². The average molecular weight is 207 g/mol. The Balaban J connectivity index is 3.01. The number of carboxylic acid groups (broad SMARTS) is 2. The fourth-order valence-electron chi connectivity index (χ4n) is 1.08. The van der Waals surface area contributed by atoms with Gasteiger partial charge >= 0.3 is 11.9 Å². The highest BCUT2D eigenvalue weighted by atomic mass is 16.4. The van der Waals surface area contributed by atoms with E-state index in [-0.39, 0.29) is 5.69 Å². The van der Waals surface area contributed by atoms with Crippen LogP contribution < -0.4 is 0 Å². The SMILES string of the molecule is Cc1cc(C=CC(=O)O)cnc1C(=O)O. The van der Waals surface area contributed by atoms with Gasteiger partial charge in [0.1, 0.15) is 0 Å². The van der Waals surface area contributed by atoms with Crippen LogP contribution in [0.1, 0.15) is 21.6 Å². The van der Waals surface area contributed by atoms with Crippen LogP contribution in [0.5, 0.6) is 0 Å². The first-order chi connectivity index (χ1) is 7.00. The summed E-state index contributed by atoms with van der Waals surface area (Å²) >= 11 is 0. The van der Waals surface area contributed by atoms with Crippen molar-refractivity contribution in [2.24, 2.45) is 0 Å². The smallest absolute Gasteiger partial charge is 0.354 e. The molecule has 0 saturated heterocycles. The number of nitrogens with zero attached hydrogens (tertiary/aromatic N) is 1. The summed E-state index contributed by atoms with van der Waals surface area (Å²) in [6.07, 6.45) is 3.64. The first-order valence-corrected chi connectivity index (χ1v) is 4.11. The Kier molecular flexibility index (Phi) is 3.17. The molecule has 0 unspecified atom stereocenters. The Labute approximate surface area is 85.7 Å². The zero-order chi connectivity index (χ0) is 11.4. The maximum Gasteiger partial charge on any atom is 0.354 e. The van der Waals surface area contributed by atoms with Gasteiger partial charge in [-0.3, -0.25) is 0 Å². The van der Waals surface area contributed by atoms with Crippen LogP contribution in [0, 0.1) is 6.92 Å². The van der Waals surface area contributed by atoms with E-state index in [4.69, 9.17) is 10.2 Å². The number of hydrogen-bond donors (Lipinski definition) is 2. The van der Waals surface area contributed by atoms with Gasteiger partial charge in [0.15, 0.2) is 5.69 Å². The maximum atomic E-state index is 10.6. The summed E-state index contributed by atoms with van der Waals surface area (Å²) in [6.45, 7) is 1.61. The first-order valence-electron chi connectivity index (χ1n) is 4.11. The van der Waals surface area contributed by atoms with Crippen molar-refractivity contribution < 1.29 is 19.8 Å². The molecule has 0 atom stereocenters. The van der Waals surface area contributed by atoms with Crippen LogP contribution in [-0.2, 0) is 4.79 Å². The van der Waals surface area contributed by atoms with Gasteiger partial charge in [-0.25, -0.2) is 14.6 Å². The number of aryl methyl sites for hydroxylation is 1. The van der Waals surface area contributed by atoms with Crippen LogP contribution in [0.3, 0.4) is 0 Å². The van der Waals surface area contributed by atoms with E-state index < -0.39 is 11.9 Å². The fraction of sp³-hybridized carbons (Fsp3) is 0.100. The number of carboxylic acids is 2. The van der Waals surface area contributed by atoms with E-state index in [9.17, 15) is 9.59 Å². The minimum Gasteiger partial charge on any atom is -0.478 e. The van der Waals surface area contributed by atoms with E-state index in [0.29, 0.717) is 11.1 Å². The van der Waals surface area contributed by atoms with E-state index >= 15 is 0 Å². The minimum absolute atomic E-state index is 0.0255. The molecule has 0 amide bonds. The van der Waals surface area contributed by atoms with Crippen molar-refractivity contribution in [1.29, 1.82) is 0 Å². The average Bonchev–Trinajstić information content (AvgIpc) is 2.14.